The zero-order valence-electron chi connectivity index (χ0n) is 15.1. The second-order valence-electron chi connectivity index (χ2n) is 7.28. The highest BCUT2D eigenvalue weighted by Crippen LogP contribution is 2.41. The first-order chi connectivity index (χ1) is 11.7. The molecule has 1 heterocycles. The van der Waals surface area contributed by atoms with Gasteiger partial charge in [0.05, 0.1) is 0 Å². The number of ether oxygens (including phenoxy) is 1. The standard InChI is InChI=1S/C22H24O3/c1-14(2)5-6-16-11-15(7-8-19(16)23)18-12-17-9-10-22(3,4)25-21(17)20(24)13-18/h5,7-13,23-24H,6H2,1-4H3. The highest BCUT2D eigenvalue weighted by atomic mass is 16.5. The van der Waals surface area contributed by atoms with Crippen molar-refractivity contribution in [2.45, 2.75) is 39.7 Å². The Morgan fingerprint density at radius 2 is 1.80 bits per heavy atom. The molecule has 0 saturated heterocycles. The molecule has 3 nitrogen and oxygen atoms in total. The van der Waals surface area contributed by atoms with Crippen molar-refractivity contribution in [3.8, 4) is 28.4 Å². The van der Waals surface area contributed by atoms with Gasteiger partial charge < -0.3 is 14.9 Å². The molecule has 3 rings (SSSR count). The number of hydrogen-bond acceptors (Lipinski definition) is 3. The number of allylic oxidation sites excluding steroid dienone is 2. The summed E-state index contributed by atoms with van der Waals surface area (Å²) in [6.07, 6.45) is 6.72. The predicted molar refractivity (Wildman–Crippen MR) is 102 cm³/mol. The molecule has 0 fully saturated rings. The fraction of sp³-hybridized carbons (Fsp3) is 0.273. The second-order valence-corrected chi connectivity index (χ2v) is 7.28. The van der Waals surface area contributed by atoms with E-state index in [9.17, 15) is 10.2 Å². The van der Waals surface area contributed by atoms with Gasteiger partial charge in [-0.25, -0.2) is 0 Å². The molecule has 2 aromatic rings. The van der Waals surface area contributed by atoms with E-state index in [0.29, 0.717) is 12.2 Å². The van der Waals surface area contributed by atoms with Crippen molar-refractivity contribution in [3.63, 3.8) is 0 Å². The van der Waals surface area contributed by atoms with Gasteiger partial charge in [-0.15, -0.1) is 0 Å². The van der Waals surface area contributed by atoms with Crippen LogP contribution in [0.15, 0.2) is 48.1 Å². The van der Waals surface area contributed by atoms with Crippen molar-refractivity contribution in [1.82, 2.24) is 0 Å². The number of fused-ring (bicyclic) bond motifs is 1. The summed E-state index contributed by atoms with van der Waals surface area (Å²) in [6, 6.07) is 9.24. The van der Waals surface area contributed by atoms with Crippen LogP contribution in [0.1, 0.15) is 38.8 Å². The van der Waals surface area contributed by atoms with Crippen molar-refractivity contribution in [3.05, 3.63) is 59.2 Å². The maximum absolute atomic E-state index is 10.4. The number of hydrogen-bond donors (Lipinski definition) is 2. The summed E-state index contributed by atoms with van der Waals surface area (Å²) >= 11 is 0. The molecule has 0 unspecified atom stereocenters. The van der Waals surface area contributed by atoms with Gasteiger partial charge in [0.1, 0.15) is 11.4 Å². The minimum absolute atomic E-state index is 0.129. The third-order valence-electron chi connectivity index (χ3n) is 4.27. The molecule has 130 valence electrons. The number of benzene rings is 2. The molecule has 0 saturated carbocycles. The third kappa shape index (κ3) is 3.71. The van der Waals surface area contributed by atoms with Crippen LogP contribution in [0, 0.1) is 0 Å². The zero-order chi connectivity index (χ0) is 18.2. The van der Waals surface area contributed by atoms with Gasteiger partial charge in [0, 0.05) is 5.56 Å². The minimum atomic E-state index is -0.429. The lowest BCUT2D eigenvalue weighted by Gasteiger charge is -2.28. The maximum atomic E-state index is 10.4. The van der Waals surface area contributed by atoms with Gasteiger partial charge in [-0.2, -0.15) is 0 Å². The molecule has 0 atom stereocenters. The first-order valence-corrected chi connectivity index (χ1v) is 8.46. The van der Waals surface area contributed by atoms with Crippen LogP contribution in [0.25, 0.3) is 17.2 Å². The van der Waals surface area contributed by atoms with Gasteiger partial charge in [0.2, 0.25) is 0 Å². The molecule has 0 bridgehead atoms. The van der Waals surface area contributed by atoms with Crippen LogP contribution in [0.4, 0.5) is 0 Å². The molecule has 0 spiro atoms. The van der Waals surface area contributed by atoms with E-state index in [1.54, 1.807) is 12.1 Å². The topological polar surface area (TPSA) is 49.7 Å². The summed E-state index contributed by atoms with van der Waals surface area (Å²) in [5.41, 5.74) is 4.34. The normalized spacial score (nSPS) is 14.6. The number of aromatic hydroxyl groups is 2. The lowest BCUT2D eigenvalue weighted by Crippen LogP contribution is -2.27. The van der Waals surface area contributed by atoms with E-state index in [1.807, 2.05) is 58.0 Å². The molecule has 25 heavy (non-hydrogen) atoms. The smallest absolute Gasteiger partial charge is 0.169 e. The molecule has 0 amide bonds. The van der Waals surface area contributed by atoms with E-state index in [-0.39, 0.29) is 11.5 Å². The van der Waals surface area contributed by atoms with E-state index in [2.05, 4.69) is 6.08 Å². The predicted octanol–water partition coefficient (Wildman–Crippen LogP) is 5.46. The van der Waals surface area contributed by atoms with Crippen molar-refractivity contribution in [2.75, 3.05) is 0 Å². The summed E-state index contributed by atoms with van der Waals surface area (Å²) in [4.78, 5) is 0. The molecule has 0 radical (unpaired) electrons. The Bertz CT molecular complexity index is 869. The van der Waals surface area contributed by atoms with Gasteiger partial charge in [0.25, 0.3) is 0 Å². The molecular formula is C22H24O3. The summed E-state index contributed by atoms with van der Waals surface area (Å²) in [7, 11) is 0. The van der Waals surface area contributed by atoms with Crippen LogP contribution >= 0.6 is 0 Å². The molecule has 0 aromatic heterocycles. The van der Waals surface area contributed by atoms with E-state index < -0.39 is 5.60 Å². The van der Waals surface area contributed by atoms with Crippen molar-refractivity contribution in [1.29, 1.82) is 0 Å². The average molecular weight is 336 g/mol. The summed E-state index contributed by atoms with van der Waals surface area (Å²) in [5, 5.41) is 20.5. The highest BCUT2D eigenvalue weighted by Gasteiger charge is 2.24. The van der Waals surface area contributed by atoms with E-state index in [4.69, 9.17) is 4.74 Å². The fourth-order valence-electron chi connectivity index (χ4n) is 2.87. The average Bonchev–Trinajstić information content (AvgIpc) is 2.54. The minimum Gasteiger partial charge on any atom is -0.508 e. The van der Waals surface area contributed by atoms with Crippen molar-refractivity contribution >= 4 is 6.08 Å². The van der Waals surface area contributed by atoms with Gasteiger partial charge in [0.15, 0.2) is 11.5 Å². The first-order valence-electron chi connectivity index (χ1n) is 8.46. The van der Waals surface area contributed by atoms with Crippen molar-refractivity contribution in [2.24, 2.45) is 0 Å². The molecule has 0 aliphatic carbocycles. The molecule has 1 aliphatic heterocycles. The van der Waals surface area contributed by atoms with Crippen LogP contribution < -0.4 is 4.74 Å². The molecule has 2 N–H and O–H groups in total. The quantitative estimate of drug-likeness (QED) is 0.732. The van der Waals surface area contributed by atoms with Crippen LogP contribution in [0.2, 0.25) is 0 Å². The fourth-order valence-corrected chi connectivity index (χ4v) is 2.87. The zero-order valence-corrected chi connectivity index (χ0v) is 15.1. The first kappa shape index (κ1) is 17.2. The monoisotopic (exact) mass is 336 g/mol. The second kappa shape index (κ2) is 6.32. The van der Waals surface area contributed by atoms with Gasteiger partial charge >= 0.3 is 0 Å². The summed E-state index contributed by atoms with van der Waals surface area (Å²) in [6.45, 7) is 7.98. The van der Waals surface area contributed by atoms with Crippen LogP contribution in [-0.4, -0.2) is 15.8 Å². The molecular weight excluding hydrogens is 312 g/mol. The Morgan fingerprint density at radius 3 is 2.52 bits per heavy atom. The van der Waals surface area contributed by atoms with Gasteiger partial charge in [-0.1, -0.05) is 23.8 Å². The van der Waals surface area contributed by atoms with Crippen molar-refractivity contribution < 1.29 is 14.9 Å². The number of rotatable bonds is 3. The Balaban J connectivity index is 2.02. The Morgan fingerprint density at radius 1 is 1.04 bits per heavy atom. The van der Waals surface area contributed by atoms with Crippen LogP contribution in [0.3, 0.4) is 0 Å². The van der Waals surface area contributed by atoms with Crippen LogP contribution in [0.5, 0.6) is 17.2 Å². The maximum Gasteiger partial charge on any atom is 0.169 e. The number of phenolic OH excluding ortho intramolecular Hbond substituents is 2. The lowest BCUT2D eigenvalue weighted by molar-refractivity contribution is 0.153. The summed E-state index contributed by atoms with van der Waals surface area (Å²) in [5.74, 6) is 0.928. The SMILES string of the molecule is CC(C)=CCc1cc(-c2cc(O)c3c(c2)C=CC(C)(C)O3)ccc1O. The van der Waals surface area contributed by atoms with Gasteiger partial charge in [-0.05, 0) is 81.1 Å². The molecule has 3 heteroatoms. The largest absolute Gasteiger partial charge is 0.508 e. The number of phenols is 2. The summed E-state index contributed by atoms with van der Waals surface area (Å²) < 4.78 is 5.86. The lowest BCUT2D eigenvalue weighted by atomic mass is 9.95. The van der Waals surface area contributed by atoms with Gasteiger partial charge in [-0.3, -0.25) is 0 Å². The molecule has 2 aromatic carbocycles. The van der Waals surface area contributed by atoms with Crippen LogP contribution in [-0.2, 0) is 6.42 Å². The van der Waals surface area contributed by atoms with E-state index in [0.717, 1.165) is 22.3 Å². The third-order valence-corrected chi connectivity index (χ3v) is 4.27. The Kier molecular flexibility index (Phi) is 4.34. The van der Waals surface area contributed by atoms with E-state index >= 15 is 0 Å². The Hall–Kier alpha value is -2.68. The Labute approximate surface area is 148 Å². The van der Waals surface area contributed by atoms with E-state index in [1.165, 1.54) is 5.57 Å². The molecule has 1 aliphatic rings. The highest BCUT2D eigenvalue weighted by molar-refractivity contribution is 5.76.